The molecule has 0 saturated carbocycles. The number of hydrogen-bond acceptors (Lipinski definition) is 4. The molecule has 1 atom stereocenters. The van der Waals surface area contributed by atoms with Crippen LogP contribution < -0.4 is 14.8 Å². The van der Waals surface area contributed by atoms with E-state index in [9.17, 15) is 4.79 Å². The third-order valence-corrected chi connectivity index (χ3v) is 3.13. The number of carboxylic acids is 1. The average Bonchev–Trinajstić information content (AvgIpc) is 2.39. The molecule has 0 aliphatic carbocycles. The van der Waals surface area contributed by atoms with Gasteiger partial charge in [0.15, 0.2) is 11.5 Å². The molecule has 1 aliphatic heterocycles. The van der Waals surface area contributed by atoms with Gasteiger partial charge in [-0.15, -0.1) is 12.4 Å². The number of rotatable bonds is 5. The fourth-order valence-electron chi connectivity index (χ4n) is 2.24. The molecule has 1 aliphatic rings. The lowest BCUT2D eigenvalue weighted by Gasteiger charge is -2.24. The fourth-order valence-corrected chi connectivity index (χ4v) is 2.24. The van der Waals surface area contributed by atoms with Gasteiger partial charge in [0.1, 0.15) is 6.04 Å². The summed E-state index contributed by atoms with van der Waals surface area (Å²) in [7, 11) is 0. The van der Waals surface area contributed by atoms with Crippen LogP contribution in [0.15, 0.2) is 12.1 Å². The van der Waals surface area contributed by atoms with Crippen LogP contribution in [0.4, 0.5) is 0 Å². The molecule has 0 spiro atoms. The maximum absolute atomic E-state index is 11.0. The van der Waals surface area contributed by atoms with E-state index in [-0.39, 0.29) is 12.4 Å². The van der Waals surface area contributed by atoms with E-state index in [2.05, 4.69) is 5.32 Å². The van der Waals surface area contributed by atoms with Gasteiger partial charge in [0.25, 0.3) is 0 Å². The highest BCUT2D eigenvalue weighted by Gasteiger charge is 2.25. The standard InChI is InChI=1S/C14H19NO4.ClH/c1-3-18-12-6-9-5-11(14(16)17)15-8-10(9)7-13(12)19-4-2;/h6-7,11,15H,3-5,8H2,1-2H3,(H,16,17);1H/t11-;/m0./s1. The van der Waals surface area contributed by atoms with Gasteiger partial charge in [-0.2, -0.15) is 0 Å². The first kappa shape index (κ1) is 16.6. The van der Waals surface area contributed by atoms with Crippen LogP contribution in [0.1, 0.15) is 25.0 Å². The summed E-state index contributed by atoms with van der Waals surface area (Å²) in [4.78, 5) is 11.0. The fraction of sp³-hybridized carbons (Fsp3) is 0.500. The number of nitrogens with one attached hydrogen (secondary N) is 1. The van der Waals surface area contributed by atoms with Gasteiger partial charge in [0, 0.05) is 6.54 Å². The second-order valence-corrected chi connectivity index (χ2v) is 4.41. The highest BCUT2D eigenvalue weighted by molar-refractivity contribution is 5.85. The van der Waals surface area contributed by atoms with E-state index in [0.717, 1.165) is 16.9 Å². The van der Waals surface area contributed by atoms with Crippen LogP contribution >= 0.6 is 12.4 Å². The number of carbonyl (C=O) groups is 1. The van der Waals surface area contributed by atoms with Crippen molar-refractivity contribution in [1.82, 2.24) is 5.32 Å². The summed E-state index contributed by atoms with van der Waals surface area (Å²) in [6.45, 7) is 5.51. The van der Waals surface area contributed by atoms with Crippen molar-refractivity contribution in [3.63, 3.8) is 0 Å². The molecule has 2 rings (SSSR count). The van der Waals surface area contributed by atoms with Crippen LogP contribution in [0.5, 0.6) is 11.5 Å². The molecule has 1 aromatic carbocycles. The molecular formula is C14H20ClNO4. The van der Waals surface area contributed by atoms with E-state index in [1.54, 1.807) is 0 Å². The second kappa shape index (κ2) is 7.36. The number of benzene rings is 1. The van der Waals surface area contributed by atoms with Crippen molar-refractivity contribution in [1.29, 1.82) is 0 Å². The van der Waals surface area contributed by atoms with Crippen molar-refractivity contribution >= 4 is 18.4 Å². The van der Waals surface area contributed by atoms with Gasteiger partial charge in [0.05, 0.1) is 13.2 Å². The summed E-state index contributed by atoms with van der Waals surface area (Å²) in [6, 6.07) is 3.31. The predicted octanol–water partition coefficient (Wildman–Crippen LogP) is 2.00. The lowest BCUT2D eigenvalue weighted by molar-refractivity contribution is -0.139. The van der Waals surface area contributed by atoms with Gasteiger partial charge < -0.3 is 19.9 Å². The van der Waals surface area contributed by atoms with Gasteiger partial charge in [-0.05, 0) is 43.5 Å². The molecule has 0 saturated heterocycles. The lowest BCUT2D eigenvalue weighted by Crippen LogP contribution is -2.41. The summed E-state index contributed by atoms with van der Waals surface area (Å²) in [5.41, 5.74) is 2.09. The molecule has 5 nitrogen and oxygen atoms in total. The van der Waals surface area contributed by atoms with Crippen molar-refractivity contribution in [3.05, 3.63) is 23.3 Å². The van der Waals surface area contributed by atoms with E-state index in [1.165, 1.54) is 0 Å². The summed E-state index contributed by atoms with van der Waals surface area (Å²) < 4.78 is 11.1. The van der Waals surface area contributed by atoms with Crippen LogP contribution in [0.2, 0.25) is 0 Å². The highest BCUT2D eigenvalue weighted by atomic mass is 35.5. The molecule has 112 valence electrons. The molecule has 0 unspecified atom stereocenters. The number of aliphatic carboxylic acids is 1. The lowest BCUT2D eigenvalue weighted by atomic mass is 9.95. The van der Waals surface area contributed by atoms with Crippen molar-refractivity contribution in [2.24, 2.45) is 0 Å². The number of carboxylic acid groups (broad SMARTS) is 1. The van der Waals surface area contributed by atoms with Crippen molar-refractivity contribution in [2.45, 2.75) is 32.9 Å². The second-order valence-electron chi connectivity index (χ2n) is 4.41. The van der Waals surface area contributed by atoms with E-state index in [0.29, 0.717) is 31.9 Å². The van der Waals surface area contributed by atoms with Crippen molar-refractivity contribution in [2.75, 3.05) is 13.2 Å². The molecule has 0 bridgehead atoms. The smallest absolute Gasteiger partial charge is 0.321 e. The predicted molar refractivity (Wildman–Crippen MR) is 78.0 cm³/mol. The Bertz CT molecular complexity index is 478. The Labute approximate surface area is 124 Å². The monoisotopic (exact) mass is 301 g/mol. The molecule has 1 heterocycles. The minimum atomic E-state index is -0.822. The topological polar surface area (TPSA) is 67.8 Å². The van der Waals surface area contributed by atoms with Crippen LogP contribution in [-0.2, 0) is 17.8 Å². The van der Waals surface area contributed by atoms with E-state index < -0.39 is 12.0 Å². The SMILES string of the molecule is CCOc1cc2c(cc1OCC)C[C@@H](C(=O)O)NC2.Cl. The largest absolute Gasteiger partial charge is 0.490 e. The minimum Gasteiger partial charge on any atom is -0.490 e. The van der Waals surface area contributed by atoms with Crippen molar-refractivity contribution < 1.29 is 19.4 Å². The molecule has 0 radical (unpaired) electrons. The first-order chi connectivity index (χ1) is 9.15. The zero-order chi connectivity index (χ0) is 13.8. The third-order valence-electron chi connectivity index (χ3n) is 3.13. The molecule has 20 heavy (non-hydrogen) atoms. The third kappa shape index (κ3) is 3.55. The van der Waals surface area contributed by atoms with E-state index in [1.807, 2.05) is 26.0 Å². The minimum absolute atomic E-state index is 0. The maximum Gasteiger partial charge on any atom is 0.321 e. The molecule has 6 heteroatoms. The molecule has 0 fully saturated rings. The molecule has 0 aromatic heterocycles. The van der Waals surface area contributed by atoms with Gasteiger partial charge in [-0.25, -0.2) is 0 Å². The average molecular weight is 302 g/mol. The molecular weight excluding hydrogens is 282 g/mol. The highest BCUT2D eigenvalue weighted by Crippen LogP contribution is 2.33. The van der Waals surface area contributed by atoms with E-state index in [4.69, 9.17) is 14.6 Å². The number of hydrogen-bond donors (Lipinski definition) is 2. The molecule has 1 aromatic rings. The number of halogens is 1. The molecule has 0 amide bonds. The van der Waals surface area contributed by atoms with Crippen molar-refractivity contribution in [3.8, 4) is 11.5 Å². The summed E-state index contributed by atoms with van der Waals surface area (Å²) in [6.07, 6.45) is 0.469. The maximum atomic E-state index is 11.0. The summed E-state index contributed by atoms with van der Waals surface area (Å²) in [5, 5.41) is 12.1. The number of ether oxygens (including phenoxy) is 2. The summed E-state index contributed by atoms with van der Waals surface area (Å²) in [5.74, 6) is 0.588. The van der Waals surface area contributed by atoms with Gasteiger partial charge in [-0.3, -0.25) is 4.79 Å². The first-order valence-corrected chi connectivity index (χ1v) is 6.53. The van der Waals surface area contributed by atoms with Crippen LogP contribution in [0.25, 0.3) is 0 Å². The van der Waals surface area contributed by atoms with Crippen LogP contribution in [0.3, 0.4) is 0 Å². The van der Waals surface area contributed by atoms with Gasteiger partial charge in [-0.1, -0.05) is 0 Å². The van der Waals surface area contributed by atoms with Gasteiger partial charge in [0.2, 0.25) is 0 Å². The Hall–Kier alpha value is -1.46. The first-order valence-electron chi connectivity index (χ1n) is 6.53. The van der Waals surface area contributed by atoms with Crippen LogP contribution in [-0.4, -0.2) is 30.3 Å². The normalized spacial score (nSPS) is 16.8. The van der Waals surface area contributed by atoms with E-state index >= 15 is 0 Å². The quantitative estimate of drug-likeness (QED) is 0.871. The Kier molecular flexibility index (Phi) is 6.10. The zero-order valence-electron chi connectivity index (χ0n) is 11.6. The number of fused-ring (bicyclic) bond motifs is 1. The Morgan fingerprint density at radius 1 is 1.25 bits per heavy atom. The Balaban J connectivity index is 0.00000200. The zero-order valence-corrected chi connectivity index (χ0v) is 12.5. The Morgan fingerprint density at radius 2 is 1.80 bits per heavy atom. The Morgan fingerprint density at radius 3 is 2.30 bits per heavy atom. The summed E-state index contributed by atoms with van der Waals surface area (Å²) >= 11 is 0. The van der Waals surface area contributed by atoms with Crippen LogP contribution in [0, 0.1) is 0 Å². The molecule has 2 N–H and O–H groups in total. The van der Waals surface area contributed by atoms with Gasteiger partial charge >= 0.3 is 5.97 Å².